The van der Waals surface area contributed by atoms with Crippen LogP contribution in [0.5, 0.6) is 0 Å². The minimum Gasteiger partial charge on any atom is -0.350 e. The molecular weight excluding hydrogens is 402 g/mol. The molecule has 0 bridgehead atoms. The predicted octanol–water partition coefficient (Wildman–Crippen LogP) is 4.73. The van der Waals surface area contributed by atoms with E-state index < -0.39 is 0 Å². The molecule has 0 aliphatic heterocycles. The highest BCUT2D eigenvalue weighted by Crippen LogP contribution is 2.47. The van der Waals surface area contributed by atoms with E-state index in [0.29, 0.717) is 6.54 Å². The molecule has 0 radical (unpaired) electrons. The zero-order valence-corrected chi connectivity index (χ0v) is 14.6. The van der Waals surface area contributed by atoms with Gasteiger partial charge in [0.05, 0.1) is 8.66 Å². The molecule has 3 rings (SSSR count). The average Bonchev–Trinajstić information content (AvgIpc) is 3.19. The molecule has 0 atom stereocenters. The van der Waals surface area contributed by atoms with Gasteiger partial charge in [-0.25, -0.2) is 0 Å². The molecule has 1 fully saturated rings. The highest BCUT2D eigenvalue weighted by atomic mass is 79.9. The minimum atomic E-state index is 0.00334. The van der Waals surface area contributed by atoms with E-state index >= 15 is 0 Å². The fourth-order valence-electron chi connectivity index (χ4n) is 2.31. The molecule has 2 aromatic rings. The van der Waals surface area contributed by atoms with Gasteiger partial charge in [-0.15, -0.1) is 11.3 Å². The maximum Gasteiger partial charge on any atom is 0.261 e. The van der Waals surface area contributed by atoms with E-state index in [9.17, 15) is 4.79 Å². The van der Waals surface area contributed by atoms with Gasteiger partial charge in [0.2, 0.25) is 0 Å². The van der Waals surface area contributed by atoms with Crippen molar-refractivity contribution in [3.05, 3.63) is 55.1 Å². The smallest absolute Gasteiger partial charge is 0.261 e. The van der Waals surface area contributed by atoms with Crippen LogP contribution in [0.1, 0.15) is 28.1 Å². The number of amides is 1. The molecule has 1 heterocycles. The van der Waals surface area contributed by atoms with Crippen LogP contribution in [-0.2, 0) is 5.41 Å². The van der Waals surface area contributed by atoms with Gasteiger partial charge in [-0.05, 0) is 56.3 Å². The average molecular weight is 415 g/mol. The Bertz CT molecular complexity index is 615. The first-order valence-corrected chi connectivity index (χ1v) is 8.80. The lowest BCUT2D eigenvalue weighted by Crippen LogP contribution is -2.31. The van der Waals surface area contributed by atoms with Gasteiger partial charge in [-0.1, -0.05) is 30.3 Å². The molecule has 1 aromatic carbocycles. The van der Waals surface area contributed by atoms with Crippen LogP contribution in [0.3, 0.4) is 0 Å². The second-order valence-corrected chi connectivity index (χ2v) is 8.29. The van der Waals surface area contributed by atoms with E-state index in [1.54, 1.807) is 0 Å². The fourth-order valence-corrected chi connectivity index (χ4v) is 4.26. The maximum atomic E-state index is 12.2. The van der Waals surface area contributed by atoms with Gasteiger partial charge in [0, 0.05) is 16.4 Å². The Hall–Kier alpha value is -0.650. The minimum absolute atomic E-state index is 0.00334. The molecule has 2 nitrogen and oxygen atoms in total. The lowest BCUT2D eigenvalue weighted by Gasteiger charge is -2.16. The molecular formula is C15H13Br2NOS. The largest absolute Gasteiger partial charge is 0.350 e. The van der Waals surface area contributed by atoms with Crippen LogP contribution < -0.4 is 5.32 Å². The van der Waals surface area contributed by atoms with Crippen LogP contribution in [0.4, 0.5) is 0 Å². The second kappa shape index (κ2) is 5.62. The number of benzene rings is 1. The molecule has 0 spiro atoms. The van der Waals surface area contributed by atoms with Crippen molar-refractivity contribution in [3.8, 4) is 0 Å². The van der Waals surface area contributed by atoms with E-state index in [4.69, 9.17) is 0 Å². The summed E-state index contributed by atoms with van der Waals surface area (Å²) in [5.41, 5.74) is 1.48. The van der Waals surface area contributed by atoms with Crippen LogP contribution in [0.2, 0.25) is 0 Å². The lowest BCUT2D eigenvalue weighted by atomic mass is 9.96. The quantitative estimate of drug-likeness (QED) is 0.769. The number of hydrogen-bond acceptors (Lipinski definition) is 2. The van der Waals surface area contributed by atoms with Crippen LogP contribution in [0.15, 0.2) is 44.7 Å². The number of carbonyl (C=O) groups excluding carboxylic acids is 1. The van der Waals surface area contributed by atoms with Gasteiger partial charge in [-0.3, -0.25) is 4.79 Å². The monoisotopic (exact) mass is 413 g/mol. The number of halogens is 2. The SMILES string of the molecule is O=C(NCC1(c2ccccc2)CC1)c1cc(Br)c(Br)s1. The van der Waals surface area contributed by atoms with Crippen molar-refractivity contribution >= 4 is 49.1 Å². The summed E-state index contributed by atoms with van der Waals surface area (Å²) in [5.74, 6) is 0.00334. The Morgan fingerprint density at radius 1 is 1.25 bits per heavy atom. The molecule has 5 heteroatoms. The predicted molar refractivity (Wildman–Crippen MR) is 89.4 cm³/mol. The third-order valence-electron chi connectivity index (χ3n) is 3.70. The lowest BCUT2D eigenvalue weighted by molar-refractivity contribution is 0.0953. The Labute approximate surface area is 138 Å². The third kappa shape index (κ3) is 2.85. The number of nitrogens with one attached hydrogen (secondary N) is 1. The zero-order chi connectivity index (χ0) is 14.2. The number of hydrogen-bond donors (Lipinski definition) is 1. The van der Waals surface area contributed by atoms with Crippen LogP contribution in [0, 0.1) is 0 Å². The van der Waals surface area contributed by atoms with Crippen molar-refractivity contribution in [1.29, 1.82) is 0 Å². The summed E-state index contributed by atoms with van der Waals surface area (Å²) in [7, 11) is 0. The molecule has 1 aliphatic carbocycles. The van der Waals surface area contributed by atoms with E-state index in [0.717, 1.165) is 26.0 Å². The van der Waals surface area contributed by atoms with Crippen molar-refractivity contribution in [2.24, 2.45) is 0 Å². The first-order valence-electron chi connectivity index (χ1n) is 6.39. The molecule has 20 heavy (non-hydrogen) atoms. The fraction of sp³-hybridized carbons (Fsp3) is 0.267. The standard InChI is InChI=1S/C15H13Br2NOS/c16-11-8-12(20-13(11)17)14(19)18-9-15(6-7-15)10-4-2-1-3-5-10/h1-5,8H,6-7,9H2,(H,18,19). The van der Waals surface area contributed by atoms with E-state index in [1.165, 1.54) is 16.9 Å². The topological polar surface area (TPSA) is 29.1 Å². The summed E-state index contributed by atoms with van der Waals surface area (Å²) < 4.78 is 1.88. The van der Waals surface area contributed by atoms with Crippen molar-refractivity contribution in [2.75, 3.05) is 6.54 Å². The zero-order valence-electron chi connectivity index (χ0n) is 10.7. The molecule has 1 N–H and O–H groups in total. The molecule has 1 aliphatic rings. The highest BCUT2D eigenvalue weighted by Gasteiger charge is 2.44. The molecule has 104 valence electrons. The van der Waals surface area contributed by atoms with Gasteiger partial charge in [0.15, 0.2) is 0 Å². The summed E-state index contributed by atoms with van der Waals surface area (Å²) in [6.45, 7) is 0.711. The van der Waals surface area contributed by atoms with Gasteiger partial charge in [0.1, 0.15) is 0 Å². The summed E-state index contributed by atoms with van der Waals surface area (Å²) in [4.78, 5) is 12.9. The Balaban J connectivity index is 1.67. The molecule has 1 saturated carbocycles. The second-order valence-electron chi connectivity index (χ2n) is 5.06. The summed E-state index contributed by atoms with van der Waals surface area (Å²) >= 11 is 8.27. The van der Waals surface area contributed by atoms with Crippen molar-refractivity contribution in [1.82, 2.24) is 5.32 Å². The summed E-state index contributed by atoms with van der Waals surface area (Å²) in [5, 5.41) is 3.07. The van der Waals surface area contributed by atoms with Crippen LogP contribution in [-0.4, -0.2) is 12.5 Å². The van der Waals surface area contributed by atoms with Crippen molar-refractivity contribution in [3.63, 3.8) is 0 Å². The Kier molecular flexibility index (Phi) is 4.02. The summed E-state index contributed by atoms with van der Waals surface area (Å²) in [6.07, 6.45) is 2.30. The highest BCUT2D eigenvalue weighted by molar-refractivity contribution is 9.13. The Morgan fingerprint density at radius 3 is 2.50 bits per heavy atom. The first kappa shape index (κ1) is 14.3. The van der Waals surface area contributed by atoms with Crippen LogP contribution >= 0.6 is 43.2 Å². The van der Waals surface area contributed by atoms with Crippen molar-refractivity contribution < 1.29 is 4.79 Å². The van der Waals surface area contributed by atoms with Gasteiger partial charge in [0.25, 0.3) is 5.91 Å². The van der Waals surface area contributed by atoms with E-state index in [-0.39, 0.29) is 11.3 Å². The maximum absolute atomic E-state index is 12.2. The molecule has 1 amide bonds. The van der Waals surface area contributed by atoms with E-state index in [2.05, 4.69) is 61.4 Å². The molecule has 0 saturated heterocycles. The van der Waals surface area contributed by atoms with Gasteiger partial charge >= 0.3 is 0 Å². The normalized spacial score (nSPS) is 15.9. The van der Waals surface area contributed by atoms with Crippen LogP contribution in [0.25, 0.3) is 0 Å². The van der Waals surface area contributed by atoms with E-state index in [1.807, 2.05) is 12.1 Å². The van der Waals surface area contributed by atoms with Gasteiger partial charge < -0.3 is 5.32 Å². The summed E-state index contributed by atoms with van der Waals surface area (Å²) in [6, 6.07) is 12.3. The first-order chi connectivity index (χ1) is 9.61. The molecule has 0 unspecified atom stereocenters. The van der Waals surface area contributed by atoms with Crippen molar-refractivity contribution in [2.45, 2.75) is 18.3 Å². The third-order valence-corrected chi connectivity index (χ3v) is 6.95. The Morgan fingerprint density at radius 2 is 1.95 bits per heavy atom. The number of carbonyl (C=O) groups is 1. The molecule has 1 aromatic heterocycles. The van der Waals surface area contributed by atoms with Gasteiger partial charge in [-0.2, -0.15) is 0 Å². The number of rotatable bonds is 4. The number of thiophene rings is 1.